The molecule has 15 heteroatoms. The van der Waals surface area contributed by atoms with Crippen molar-refractivity contribution < 1.29 is 107 Å². The van der Waals surface area contributed by atoms with Crippen LogP contribution in [-0.4, -0.2) is 0 Å². The largest absolute Gasteiger partial charge is 0 e. The molecular weight excluding hydrogens is 501 g/mol. The second kappa shape index (κ2) is 5510. The van der Waals surface area contributed by atoms with E-state index in [1.165, 1.54) is 0 Å². The molecule has 0 spiro atoms. The van der Waals surface area contributed by atoms with E-state index in [9.17, 15) is 0 Å². The molecule has 0 aromatic carbocycles. The average Bonchev–Trinajstić information content (AvgIpc) is 2.84. The second-order valence-corrected chi connectivity index (χ2v) is 0. The van der Waals surface area contributed by atoms with Crippen molar-refractivity contribution in [1.82, 2.24) is 0 Å². The van der Waals surface area contributed by atoms with Crippen LogP contribution >= 0.6 is 0 Å². The van der Waals surface area contributed by atoms with Crippen LogP contribution in [0.2, 0.25) is 0 Å². The molecular formula is C12Mn3O12. The molecule has 0 aromatic heterocycles. The van der Waals surface area contributed by atoms with Crippen LogP contribution in [0, 0.1) is 79.8 Å². The standard InChI is InChI=1S/12CO.3Mn/c12*1-2;;;. The van der Waals surface area contributed by atoms with Crippen LogP contribution in [0.1, 0.15) is 0 Å². The third kappa shape index (κ3) is 5050. The van der Waals surface area contributed by atoms with Crippen LogP contribution in [0.4, 0.5) is 0 Å². The molecule has 0 bridgehead atoms. The smallest absolute Gasteiger partial charge is 0 e. The van der Waals surface area contributed by atoms with Gasteiger partial charge in [0, 0.05) is 51.2 Å². The molecule has 0 aromatic rings. The molecule has 0 heterocycles. The number of hydrogen-bond donors (Lipinski definition) is 0. The van der Waals surface area contributed by atoms with Crippen molar-refractivity contribution in [2.24, 2.45) is 0 Å². The van der Waals surface area contributed by atoms with Gasteiger partial charge in [-0.05, 0) is 0 Å². The number of rotatable bonds is 0. The van der Waals surface area contributed by atoms with Crippen molar-refractivity contribution in [2.45, 2.75) is 0 Å². The Kier molecular flexibility index (Phi) is 28400. The fourth-order valence-electron chi connectivity index (χ4n) is 0. The fraction of sp³-hybridized carbons (Fsp3) is 0. The molecule has 0 rings (SSSR count). The summed E-state index contributed by atoms with van der Waals surface area (Å²) in [5, 5.41) is 0. The second-order valence-electron chi connectivity index (χ2n) is 0. The molecule has 0 unspecified atom stereocenters. The van der Waals surface area contributed by atoms with E-state index in [1.54, 1.807) is 0 Å². The SMILES string of the molecule is [C-]#[O+].[C-]#[O+].[C-]#[O+].[C-]#[O+].[C-]#[O+].[C-]#[O+].[C-]#[O+].[C-]#[O+].[C-]#[O+].[C-]#[O+].[C-]#[O+].[C-]#[O+].[Mn].[Mn].[Mn]. The summed E-state index contributed by atoms with van der Waals surface area (Å²) in [6.45, 7) is 54.0. The van der Waals surface area contributed by atoms with Gasteiger partial charge in [0.2, 0.25) is 0 Å². The van der Waals surface area contributed by atoms with Gasteiger partial charge in [0.25, 0.3) is 0 Å². The van der Waals surface area contributed by atoms with E-state index in [1.807, 2.05) is 0 Å². The molecule has 0 atom stereocenters. The van der Waals surface area contributed by atoms with Gasteiger partial charge >= 0.3 is 136 Å². The first-order chi connectivity index (χ1) is 12.0. The summed E-state index contributed by atoms with van der Waals surface area (Å²) in [4.78, 5) is 0. The van der Waals surface area contributed by atoms with Gasteiger partial charge in [-0.1, -0.05) is 0 Å². The predicted molar refractivity (Wildman–Crippen MR) is 47.2 cm³/mol. The maximum atomic E-state index is 7.50. The van der Waals surface area contributed by atoms with E-state index in [2.05, 4.69) is 79.8 Å². The van der Waals surface area contributed by atoms with E-state index >= 15 is 0 Å². The van der Waals surface area contributed by atoms with Crippen molar-refractivity contribution in [3.05, 3.63) is 79.8 Å². The Hall–Kier alpha value is -1.56. The molecule has 12 nitrogen and oxygen atoms in total. The summed E-state index contributed by atoms with van der Waals surface area (Å²) in [5.74, 6) is 0. The zero-order chi connectivity index (χ0) is 24.0. The zero-order valence-electron chi connectivity index (χ0n) is 12.0. The predicted octanol–water partition coefficient (Wildman–Crippen LogP) is -0.458. The molecule has 141 valence electrons. The van der Waals surface area contributed by atoms with Crippen molar-refractivity contribution in [3.8, 4) is 0 Å². The Morgan fingerprint density at radius 1 is 0.148 bits per heavy atom. The van der Waals surface area contributed by atoms with Gasteiger partial charge in [-0.25, -0.2) is 0 Å². The van der Waals surface area contributed by atoms with E-state index in [4.69, 9.17) is 55.8 Å². The van der Waals surface area contributed by atoms with Gasteiger partial charge < -0.3 is 0 Å². The minimum absolute atomic E-state index is 0. The average molecular weight is 501 g/mol. The minimum Gasteiger partial charge on any atom is 0 e. The molecule has 27 heavy (non-hydrogen) atoms. The van der Waals surface area contributed by atoms with Gasteiger partial charge in [-0.2, -0.15) is 0 Å². The topological polar surface area (TPSA) is 239 Å². The number of hydrogen-bond acceptors (Lipinski definition) is 0. The van der Waals surface area contributed by atoms with Crippen LogP contribution in [-0.2, 0) is 107 Å². The summed E-state index contributed by atoms with van der Waals surface area (Å²) in [6.07, 6.45) is 0. The summed E-state index contributed by atoms with van der Waals surface area (Å²) >= 11 is 0. The van der Waals surface area contributed by atoms with Crippen molar-refractivity contribution in [2.75, 3.05) is 0 Å². The van der Waals surface area contributed by atoms with E-state index in [0.717, 1.165) is 0 Å². The Balaban J connectivity index is -0.00000000443. The van der Waals surface area contributed by atoms with E-state index in [0.29, 0.717) is 0 Å². The maximum Gasteiger partial charge on any atom is 0 e. The van der Waals surface area contributed by atoms with Gasteiger partial charge in [0.1, 0.15) is 0 Å². The van der Waals surface area contributed by atoms with Crippen LogP contribution in [0.5, 0.6) is 0 Å². The zero-order valence-corrected chi connectivity index (χ0v) is 15.6. The normalized spacial score (nSPS) is 0.889. The third-order valence-electron chi connectivity index (χ3n) is 0. The molecule has 0 saturated heterocycles. The van der Waals surface area contributed by atoms with Gasteiger partial charge in [-0.15, -0.1) is 0 Å². The van der Waals surface area contributed by atoms with E-state index < -0.39 is 0 Å². The molecule has 3 radical (unpaired) electrons. The first kappa shape index (κ1) is 139. The van der Waals surface area contributed by atoms with Crippen LogP contribution < -0.4 is 0 Å². The summed E-state index contributed by atoms with van der Waals surface area (Å²) in [6, 6.07) is 0. The summed E-state index contributed by atoms with van der Waals surface area (Å²) in [7, 11) is 0. The quantitative estimate of drug-likeness (QED) is 0.233. The molecule has 0 N–H and O–H groups in total. The van der Waals surface area contributed by atoms with Gasteiger partial charge in [0.05, 0.1) is 0 Å². The van der Waals surface area contributed by atoms with Crippen molar-refractivity contribution >= 4 is 0 Å². The molecule has 0 fully saturated rings. The Morgan fingerprint density at radius 3 is 0.148 bits per heavy atom. The van der Waals surface area contributed by atoms with Crippen LogP contribution in [0.3, 0.4) is 0 Å². The van der Waals surface area contributed by atoms with E-state index in [-0.39, 0.29) is 51.2 Å². The first-order valence-corrected chi connectivity index (χ1v) is 2.45. The van der Waals surface area contributed by atoms with Crippen molar-refractivity contribution in [3.63, 3.8) is 0 Å². The van der Waals surface area contributed by atoms with Crippen LogP contribution in [0.15, 0.2) is 0 Å². The summed E-state index contributed by atoms with van der Waals surface area (Å²) < 4.78 is 90.0. The Labute approximate surface area is 186 Å². The monoisotopic (exact) mass is 501 g/mol. The Morgan fingerprint density at radius 2 is 0.148 bits per heavy atom. The first-order valence-electron chi connectivity index (χ1n) is 2.45. The third-order valence-corrected chi connectivity index (χ3v) is 0. The summed E-state index contributed by atoms with van der Waals surface area (Å²) in [5.41, 5.74) is 0. The van der Waals surface area contributed by atoms with Crippen molar-refractivity contribution in [1.29, 1.82) is 0 Å². The molecule has 0 aliphatic heterocycles. The molecule has 0 saturated carbocycles. The molecule has 0 aliphatic rings. The van der Waals surface area contributed by atoms with Crippen LogP contribution in [0.25, 0.3) is 0 Å². The molecule has 0 amide bonds. The minimum atomic E-state index is 0. The Bertz CT molecular complexity index is 224. The van der Waals surface area contributed by atoms with Gasteiger partial charge in [-0.3, -0.25) is 0 Å². The maximum absolute atomic E-state index is 7.50. The molecule has 0 aliphatic carbocycles. The fourth-order valence-corrected chi connectivity index (χ4v) is 0. The van der Waals surface area contributed by atoms with Gasteiger partial charge in [0.15, 0.2) is 0 Å².